The van der Waals surface area contributed by atoms with Gasteiger partial charge in [-0.2, -0.15) is 12.6 Å². The molecule has 0 saturated carbocycles. The van der Waals surface area contributed by atoms with E-state index in [1.54, 1.807) is 0 Å². The van der Waals surface area contributed by atoms with Crippen LogP contribution in [0.25, 0.3) is 0 Å². The van der Waals surface area contributed by atoms with Crippen LogP contribution in [0.2, 0.25) is 0 Å². The topological polar surface area (TPSA) is 138 Å². The molecular formula is C14H24N2O6S. The largest absolute Gasteiger partial charge is 0.481 e. The third-order valence-corrected chi connectivity index (χ3v) is 3.80. The number of rotatable bonds is 12. The first kappa shape index (κ1) is 21.4. The van der Waals surface area contributed by atoms with Crippen LogP contribution >= 0.6 is 12.6 Å². The molecule has 0 aliphatic rings. The van der Waals surface area contributed by atoms with Crippen molar-refractivity contribution >= 4 is 36.3 Å². The number of thiol groups is 1. The van der Waals surface area contributed by atoms with E-state index in [0.717, 1.165) is 0 Å². The highest BCUT2D eigenvalue weighted by atomic mass is 32.1. The minimum Gasteiger partial charge on any atom is -0.481 e. The highest BCUT2D eigenvalue weighted by Gasteiger charge is 2.25. The molecule has 2 atom stereocenters. The molecule has 0 rings (SSSR count). The third kappa shape index (κ3) is 8.56. The summed E-state index contributed by atoms with van der Waals surface area (Å²) >= 11 is 4.08. The zero-order valence-electron chi connectivity index (χ0n) is 13.1. The lowest BCUT2D eigenvalue weighted by molar-refractivity contribution is -0.140. The zero-order valence-corrected chi connectivity index (χ0v) is 14.0. The van der Waals surface area contributed by atoms with Crippen molar-refractivity contribution in [2.24, 2.45) is 5.73 Å². The molecule has 0 aromatic rings. The molecule has 0 radical (unpaired) electrons. The summed E-state index contributed by atoms with van der Waals surface area (Å²) < 4.78 is 0. The van der Waals surface area contributed by atoms with Gasteiger partial charge in [-0.15, -0.1) is 0 Å². The molecule has 2 unspecified atom stereocenters. The van der Waals surface area contributed by atoms with Crippen molar-refractivity contribution in [2.75, 3.05) is 12.8 Å². The van der Waals surface area contributed by atoms with Crippen LogP contribution in [0.4, 0.5) is 0 Å². The molecule has 23 heavy (non-hydrogen) atoms. The summed E-state index contributed by atoms with van der Waals surface area (Å²) in [4.78, 5) is 46.4. The number of likely N-dealkylation sites (N-methyl/N-ethyl adjacent to an activating group) is 1. The van der Waals surface area contributed by atoms with Gasteiger partial charge in [0.05, 0.1) is 6.04 Å². The maximum atomic E-state index is 12.1. The van der Waals surface area contributed by atoms with Crippen molar-refractivity contribution in [1.82, 2.24) is 4.90 Å². The summed E-state index contributed by atoms with van der Waals surface area (Å²) in [5, 5.41) is 17.2. The van der Waals surface area contributed by atoms with E-state index in [1.807, 2.05) is 0 Å². The number of aliphatic carboxylic acids is 2. The number of nitrogens with zero attached hydrogens (tertiary/aromatic N) is 1. The van der Waals surface area contributed by atoms with Crippen LogP contribution in [-0.2, 0) is 19.2 Å². The lowest BCUT2D eigenvalue weighted by Gasteiger charge is -2.26. The van der Waals surface area contributed by atoms with Crippen LogP contribution in [0.1, 0.15) is 38.5 Å². The third-order valence-electron chi connectivity index (χ3n) is 3.46. The van der Waals surface area contributed by atoms with Crippen LogP contribution in [-0.4, -0.2) is 63.6 Å². The maximum absolute atomic E-state index is 12.1. The molecule has 0 heterocycles. The van der Waals surface area contributed by atoms with E-state index in [1.165, 1.54) is 11.9 Å². The second kappa shape index (κ2) is 11.0. The number of carboxylic acids is 2. The Labute approximate surface area is 140 Å². The number of hydrogen-bond donors (Lipinski definition) is 4. The quantitative estimate of drug-likeness (QED) is 0.291. The van der Waals surface area contributed by atoms with E-state index in [2.05, 4.69) is 12.6 Å². The molecule has 132 valence electrons. The van der Waals surface area contributed by atoms with Gasteiger partial charge in [-0.05, 0) is 19.3 Å². The molecule has 9 heteroatoms. The Balaban J connectivity index is 4.39. The Morgan fingerprint density at radius 1 is 1.09 bits per heavy atom. The van der Waals surface area contributed by atoms with E-state index in [4.69, 9.17) is 15.9 Å². The van der Waals surface area contributed by atoms with Gasteiger partial charge in [0.1, 0.15) is 6.04 Å². The summed E-state index contributed by atoms with van der Waals surface area (Å²) in [7, 11) is 1.46. The molecule has 0 aliphatic carbocycles. The number of hydrogen-bond acceptors (Lipinski definition) is 6. The fourth-order valence-corrected chi connectivity index (χ4v) is 2.38. The van der Waals surface area contributed by atoms with Crippen LogP contribution < -0.4 is 5.73 Å². The van der Waals surface area contributed by atoms with E-state index >= 15 is 0 Å². The monoisotopic (exact) mass is 348 g/mol. The molecular weight excluding hydrogens is 324 g/mol. The lowest BCUT2D eigenvalue weighted by Crippen LogP contribution is -2.44. The second-order valence-electron chi connectivity index (χ2n) is 5.25. The van der Waals surface area contributed by atoms with Gasteiger partial charge in [0.2, 0.25) is 5.91 Å². The highest BCUT2D eigenvalue weighted by molar-refractivity contribution is 7.80. The average Bonchev–Trinajstić information content (AvgIpc) is 2.48. The Bertz CT molecular complexity index is 443. The van der Waals surface area contributed by atoms with Gasteiger partial charge in [0, 0.05) is 32.1 Å². The summed E-state index contributed by atoms with van der Waals surface area (Å²) in [5.41, 5.74) is 5.34. The van der Waals surface area contributed by atoms with Crippen molar-refractivity contribution in [2.45, 2.75) is 50.6 Å². The number of carboxylic acid groups (broad SMARTS) is 2. The smallest absolute Gasteiger partial charge is 0.320 e. The lowest BCUT2D eigenvalue weighted by atomic mass is 10.0. The second-order valence-corrected chi connectivity index (χ2v) is 5.62. The minimum atomic E-state index is -1.18. The van der Waals surface area contributed by atoms with Gasteiger partial charge in [-0.25, -0.2) is 0 Å². The summed E-state index contributed by atoms with van der Waals surface area (Å²) in [5.74, 6) is -2.51. The first-order chi connectivity index (χ1) is 10.7. The molecule has 1 amide bonds. The van der Waals surface area contributed by atoms with Gasteiger partial charge >= 0.3 is 11.9 Å². The maximum Gasteiger partial charge on any atom is 0.320 e. The van der Waals surface area contributed by atoms with Gasteiger partial charge < -0.3 is 20.8 Å². The van der Waals surface area contributed by atoms with Crippen LogP contribution in [0.5, 0.6) is 0 Å². The summed E-state index contributed by atoms with van der Waals surface area (Å²) in [6.45, 7) is 0. The van der Waals surface area contributed by atoms with E-state index < -0.39 is 24.0 Å². The fourth-order valence-electron chi connectivity index (χ4n) is 1.93. The average molecular weight is 348 g/mol. The Morgan fingerprint density at radius 3 is 2.13 bits per heavy atom. The highest BCUT2D eigenvalue weighted by Crippen LogP contribution is 2.11. The van der Waals surface area contributed by atoms with Crippen LogP contribution in [0.3, 0.4) is 0 Å². The first-order valence-corrected chi connectivity index (χ1v) is 7.93. The standard InChI is InChI=1S/C14H24N2O6S/c1-16(12(18)7-6-9(15)14(21)22)10(8-23)11(17)4-2-3-5-13(19)20/h9-10,23H,2-8,15H2,1H3,(H,19,20)(H,21,22). The van der Waals surface area contributed by atoms with Crippen LogP contribution in [0.15, 0.2) is 0 Å². The van der Waals surface area contributed by atoms with Crippen molar-refractivity contribution in [1.29, 1.82) is 0 Å². The molecule has 0 fully saturated rings. The normalized spacial score (nSPS) is 13.2. The molecule has 0 spiro atoms. The molecule has 0 aromatic carbocycles. The Hall–Kier alpha value is -1.61. The molecule has 0 aliphatic heterocycles. The van der Waals surface area contributed by atoms with Gasteiger partial charge in [-0.3, -0.25) is 19.2 Å². The molecule has 4 N–H and O–H groups in total. The first-order valence-electron chi connectivity index (χ1n) is 7.30. The molecule has 8 nitrogen and oxygen atoms in total. The summed E-state index contributed by atoms with van der Waals surface area (Å²) in [6, 6.07) is -1.83. The van der Waals surface area contributed by atoms with Crippen LogP contribution in [0, 0.1) is 0 Å². The molecule has 0 bridgehead atoms. The zero-order chi connectivity index (χ0) is 18.0. The number of amides is 1. The van der Waals surface area contributed by atoms with Crippen molar-refractivity contribution in [3.8, 4) is 0 Å². The van der Waals surface area contributed by atoms with Gasteiger partial charge in [0.25, 0.3) is 0 Å². The number of Topliss-reactive ketones (excluding diaryl/α,β-unsaturated/α-hetero) is 1. The SMILES string of the molecule is CN(C(=O)CCC(N)C(=O)O)C(CS)C(=O)CCCCC(=O)O. The molecule has 0 saturated heterocycles. The number of carbonyl (C=O) groups is 4. The van der Waals surface area contributed by atoms with Crippen molar-refractivity contribution in [3.05, 3.63) is 0 Å². The van der Waals surface area contributed by atoms with E-state index in [0.29, 0.717) is 12.8 Å². The number of carbonyl (C=O) groups excluding carboxylic acids is 2. The minimum absolute atomic E-state index is 0.000663. The molecule has 0 aromatic heterocycles. The Kier molecular flexibility index (Phi) is 10.2. The van der Waals surface area contributed by atoms with E-state index in [-0.39, 0.29) is 43.1 Å². The predicted octanol–water partition coefficient (Wildman–Crippen LogP) is 0.149. The van der Waals surface area contributed by atoms with Crippen molar-refractivity contribution < 1.29 is 29.4 Å². The van der Waals surface area contributed by atoms with E-state index in [9.17, 15) is 19.2 Å². The number of ketones is 1. The number of nitrogens with two attached hydrogens (primary N) is 1. The fraction of sp³-hybridized carbons (Fsp3) is 0.714. The summed E-state index contributed by atoms with van der Waals surface area (Å²) in [6.07, 6.45) is 0.920. The predicted molar refractivity (Wildman–Crippen MR) is 86.4 cm³/mol. The van der Waals surface area contributed by atoms with Crippen molar-refractivity contribution in [3.63, 3.8) is 0 Å². The van der Waals surface area contributed by atoms with Gasteiger partial charge in [0.15, 0.2) is 5.78 Å². The Morgan fingerprint density at radius 2 is 1.65 bits per heavy atom. The van der Waals surface area contributed by atoms with Gasteiger partial charge in [-0.1, -0.05) is 0 Å². The number of unbranched alkanes of at least 4 members (excludes halogenated alkanes) is 1.